The summed E-state index contributed by atoms with van der Waals surface area (Å²) in [6.07, 6.45) is 0. The minimum absolute atomic E-state index is 0.284. The molecule has 4 rings (SSSR count). The number of hydrogen-bond acceptors (Lipinski definition) is 4. The molecule has 0 atom stereocenters. The molecule has 1 aromatic heterocycles. The largest absolute Gasteiger partial charge is 0.496 e. The normalized spacial score (nSPS) is 10.8. The van der Waals surface area contributed by atoms with Gasteiger partial charge in [0.2, 0.25) is 5.89 Å². The highest BCUT2D eigenvalue weighted by Crippen LogP contribution is 2.28. The summed E-state index contributed by atoms with van der Waals surface area (Å²) in [4.78, 5) is 17.1. The standard InChI is InChI=1S/C22H17FN2O3/c1-13-5-3-8-17(20(13)27-2)21(26)24-16-9-10-19-18(12-16)25-22(28-19)14-6-4-7-15(23)11-14/h3-12H,1-2H3,(H,24,26). The van der Waals surface area contributed by atoms with Crippen molar-refractivity contribution in [3.05, 3.63) is 77.6 Å². The van der Waals surface area contributed by atoms with E-state index in [0.717, 1.165) is 5.56 Å². The number of nitrogens with zero attached hydrogens (tertiary/aromatic N) is 1. The number of methoxy groups -OCH3 is 1. The number of carbonyl (C=O) groups excluding carboxylic acids is 1. The topological polar surface area (TPSA) is 64.4 Å². The molecule has 0 spiro atoms. The number of anilines is 1. The van der Waals surface area contributed by atoms with Crippen molar-refractivity contribution < 1.29 is 18.3 Å². The highest BCUT2D eigenvalue weighted by atomic mass is 19.1. The van der Waals surface area contributed by atoms with Crippen LogP contribution in [0.5, 0.6) is 5.75 Å². The molecule has 5 nitrogen and oxygen atoms in total. The second-order valence-corrected chi connectivity index (χ2v) is 6.32. The molecule has 1 amide bonds. The number of nitrogens with one attached hydrogen (secondary N) is 1. The van der Waals surface area contributed by atoms with Crippen molar-refractivity contribution in [2.24, 2.45) is 0 Å². The number of fused-ring (bicyclic) bond motifs is 1. The van der Waals surface area contributed by atoms with E-state index in [1.165, 1.54) is 19.2 Å². The molecule has 0 aliphatic rings. The lowest BCUT2D eigenvalue weighted by Crippen LogP contribution is -2.13. The van der Waals surface area contributed by atoms with Crippen molar-refractivity contribution in [2.45, 2.75) is 6.92 Å². The van der Waals surface area contributed by atoms with E-state index >= 15 is 0 Å². The second kappa shape index (κ2) is 7.15. The van der Waals surface area contributed by atoms with Gasteiger partial charge in [0.15, 0.2) is 5.58 Å². The minimum Gasteiger partial charge on any atom is -0.496 e. The molecule has 0 saturated carbocycles. The van der Waals surface area contributed by atoms with Gasteiger partial charge < -0.3 is 14.5 Å². The van der Waals surface area contributed by atoms with Crippen LogP contribution in [0.15, 0.2) is 65.1 Å². The molecule has 0 bridgehead atoms. The first-order valence-electron chi connectivity index (χ1n) is 8.66. The van der Waals surface area contributed by atoms with Crippen LogP contribution in [0.3, 0.4) is 0 Å². The Balaban J connectivity index is 1.63. The maximum absolute atomic E-state index is 13.4. The Labute approximate surface area is 160 Å². The van der Waals surface area contributed by atoms with Gasteiger partial charge >= 0.3 is 0 Å². The number of oxazole rings is 1. The second-order valence-electron chi connectivity index (χ2n) is 6.32. The van der Waals surface area contributed by atoms with Gasteiger partial charge in [-0.3, -0.25) is 4.79 Å². The molecule has 0 fully saturated rings. The summed E-state index contributed by atoms with van der Waals surface area (Å²) in [5, 5.41) is 2.85. The van der Waals surface area contributed by atoms with Crippen molar-refractivity contribution in [1.29, 1.82) is 0 Å². The Morgan fingerprint density at radius 2 is 1.93 bits per heavy atom. The predicted octanol–water partition coefficient (Wildman–Crippen LogP) is 5.20. The minimum atomic E-state index is -0.361. The predicted molar refractivity (Wildman–Crippen MR) is 105 cm³/mol. The van der Waals surface area contributed by atoms with Crippen molar-refractivity contribution in [3.63, 3.8) is 0 Å². The zero-order valence-electron chi connectivity index (χ0n) is 15.3. The first-order chi connectivity index (χ1) is 13.5. The van der Waals surface area contributed by atoms with Crippen LogP contribution in [0.25, 0.3) is 22.6 Å². The van der Waals surface area contributed by atoms with Crippen LogP contribution < -0.4 is 10.1 Å². The molecule has 0 saturated heterocycles. The van der Waals surface area contributed by atoms with Gasteiger partial charge in [0.25, 0.3) is 5.91 Å². The number of halogens is 1. The summed E-state index contributed by atoms with van der Waals surface area (Å²) >= 11 is 0. The zero-order chi connectivity index (χ0) is 19.7. The molecular formula is C22H17FN2O3. The van der Waals surface area contributed by atoms with Crippen LogP contribution in [-0.2, 0) is 0 Å². The SMILES string of the molecule is COc1c(C)cccc1C(=O)Nc1ccc2oc(-c3cccc(F)c3)nc2c1. The van der Waals surface area contributed by atoms with E-state index in [-0.39, 0.29) is 11.7 Å². The van der Waals surface area contributed by atoms with E-state index in [1.807, 2.05) is 13.0 Å². The zero-order valence-corrected chi connectivity index (χ0v) is 15.3. The van der Waals surface area contributed by atoms with E-state index in [2.05, 4.69) is 10.3 Å². The number of carbonyl (C=O) groups is 1. The molecule has 1 N–H and O–H groups in total. The third kappa shape index (κ3) is 3.32. The number of aromatic nitrogens is 1. The number of hydrogen-bond donors (Lipinski definition) is 1. The summed E-state index contributed by atoms with van der Waals surface area (Å²) in [6.45, 7) is 1.88. The van der Waals surface area contributed by atoms with Gasteiger partial charge in [0.1, 0.15) is 17.1 Å². The Kier molecular flexibility index (Phi) is 4.53. The van der Waals surface area contributed by atoms with Gasteiger partial charge in [-0.15, -0.1) is 0 Å². The summed E-state index contributed by atoms with van der Waals surface area (Å²) in [5.41, 5.74) is 3.55. The summed E-state index contributed by atoms with van der Waals surface area (Å²) in [6, 6.07) is 16.6. The van der Waals surface area contributed by atoms with Crippen LogP contribution in [0, 0.1) is 12.7 Å². The quantitative estimate of drug-likeness (QED) is 0.531. The molecule has 140 valence electrons. The highest BCUT2D eigenvalue weighted by molar-refractivity contribution is 6.07. The average molecular weight is 376 g/mol. The molecule has 0 unspecified atom stereocenters. The number of para-hydroxylation sites is 1. The van der Waals surface area contributed by atoms with E-state index in [1.54, 1.807) is 42.5 Å². The number of amides is 1. The fourth-order valence-electron chi connectivity index (χ4n) is 3.05. The van der Waals surface area contributed by atoms with Gasteiger partial charge in [0.05, 0.1) is 12.7 Å². The molecule has 0 radical (unpaired) electrons. The maximum atomic E-state index is 13.4. The summed E-state index contributed by atoms with van der Waals surface area (Å²) in [5.74, 6) is 0.211. The van der Waals surface area contributed by atoms with Gasteiger partial charge in [-0.25, -0.2) is 9.37 Å². The van der Waals surface area contributed by atoms with E-state index in [4.69, 9.17) is 9.15 Å². The molecule has 4 aromatic rings. The summed E-state index contributed by atoms with van der Waals surface area (Å²) < 4.78 is 24.5. The van der Waals surface area contributed by atoms with E-state index < -0.39 is 0 Å². The number of ether oxygens (including phenoxy) is 1. The highest BCUT2D eigenvalue weighted by Gasteiger charge is 2.15. The van der Waals surface area contributed by atoms with Crippen LogP contribution in [0.1, 0.15) is 15.9 Å². The maximum Gasteiger partial charge on any atom is 0.259 e. The van der Waals surface area contributed by atoms with Crippen molar-refractivity contribution in [3.8, 4) is 17.2 Å². The fourth-order valence-corrected chi connectivity index (χ4v) is 3.05. The van der Waals surface area contributed by atoms with Gasteiger partial charge in [-0.1, -0.05) is 18.2 Å². The Hall–Kier alpha value is -3.67. The fraction of sp³-hybridized carbons (Fsp3) is 0.0909. The molecule has 28 heavy (non-hydrogen) atoms. The number of rotatable bonds is 4. The third-order valence-corrected chi connectivity index (χ3v) is 4.38. The van der Waals surface area contributed by atoms with Gasteiger partial charge in [-0.2, -0.15) is 0 Å². The first kappa shape index (κ1) is 17.7. The number of aryl methyl sites for hydroxylation is 1. The smallest absolute Gasteiger partial charge is 0.259 e. The van der Waals surface area contributed by atoms with Crippen LogP contribution in [0.4, 0.5) is 10.1 Å². The van der Waals surface area contributed by atoms with Crippen LogP contribution >= 0.6 is 0 Å². The molecule has 1 heterocycles. The lowest BCUT2D eigenvalue weighted by Gasteiger charge is -2.11. The molecular weight excluding hydrogens is 359 g/mol. The Morgan fingerprint density at radius 3 is 2.71 bits per heavy atom. The van der Waals surface area contributed by atoms with E-state index in [9.17, 15) is 9.18 Å². The van der Waals surface area contributed by atoms with Crippen LogP contribution in [-0.4, -0.2) is 18.0 Å². The van der Waals surface area contributed by atoms with E-state index in [0.29, 0.717) is 39.6 Å². The Bertz CT molecular complexity index is 1180. The molecule has 6 heteroatoms. The van der Waals surface area contributed by atoms with Gasteiger partial charge in [-0.05, 0) is 55.0 Å². The summed E-state index contributed by atoms with van der Waals surface area (Å²) in [7, 11) is 1.54. The molecule has 3 aromatic carbocycles. The van der Waals surface area contributed by atoms with Gasteiger partial charge in [0, 0.05) is 11.3 Å². The third-order valence-electron chi connectivity index (χ3n) is 4.38. The van der Waals surface area contributed by atoms with Crippen molar-refractivity contribution in [2.75, 3.05) is 12.4 Å². The van der Waals surface area contributed by atoms with Crippen LogP contribution in [0.2, 0.25) is 0 Å². The van der Waals surface area contributed by atoms with Crippen molar-refractivity contribution in [1.82, 2.24) is 4.98 Å². The Morgan fingerprint density at radius 1 is 1.11 bits per heavy atom. The average Bonchev–Trinajstić information content (AvgIpc) is 3.11. The lowest BCUT2D eigenvalue weighted by atomic mass is 10.1. The molecule has 0 aliphatic carbocycles. The number of benzene rings is 3. The van der Waals surface area contributed by atoms with Crippen molar-refractivity contribution >= 4 is 22.7 Å². The monoisotopic (exact) mass is 376 g/mol. The lowest BCUT2D eigenvalue weighted by molar-refractivity contribution is 0.102. The molecule has 0 aliphatic heterocycles. The first-order valence-corrected chi connectivity index (χ1v) is 8.66.